The summed E-state index contributed by atoms with van der Waals surface area (Å²) in [7, 11) is 0. The van der Waals surface area contributed by atoms with Gasteiger partial charge >= 0.3 is 0 Å². The van der Waals surface area contributed by atoms with E-state index in [1.807, 2.05) is 13.8 Å². The number of nitrogens with one attached hydrogen (secondary N) is 1. The Morgan fingerprint density at radius 1 is 1.48 bits per heavy atom. The van der Waals surface area contributed by atoms with Gasteiger partial charge in [0.15, 0.2) is 5.78 Å². The maximum absolute atomic E-state index is 12.9. The summed E-state index contributed by atoms with van der Waals surface area (Å²) in [6.07, 6.45) is 2.40. The van der Waals surface area contributed by atoms with Gasteiger partial charge in [-0.15, -0.1) is 0 Å². The van der Waals surface area contributed by atoms with E-state index >= 15 is 0 Å². The lowest BCUT2D eigenvalue weighted by Gasteiger charge is -2.42. The third-order valence-corrected chi connectivity index (χ3v) is 4.48. The largest absolute Gasteiger partial charge is 0.468 e. The quantitative estimate of drug-likeness (QED) is 0.852. The van der Waals surface area contributed by atoms with Crippen LogP contribution in [0.2, 0.25) is 0 Å². The minimum Gasteiger partial charge on any atom is -0.468 e. The van der Waals surface area contributed by atoms with Crippen molar-refractivity contribution in [1.82, 2.24) is 10.4 Å². The number of nitrogens with two attached hydrogens (primary N) is 1. The summed E-state index contributed by atoms with van der Waals surface area (Å²) in [5.41, 5.74) is 9.84. The van der Waals surface area contributed by atoms with Crippen LogP contribution in [0.5, 0.6) is 0 Å². The number of rotatable bonds is 2. The fourth-order valence-corrected chi connectivity index (χ4v) is 3.53. The zero-order valence-electron chi connectivity index (χ0n) is 14.4. The Morgan fingerprint density at radius 2 is 2.20 bits per heavy atom. The van der Waals surface area contributed by atoms with Crippen molar-refractivity contribution >= 4 is 11.7 Å². The van der Waals surface area contributed by atoms with Crippen LogP contribution >= 0.6 is 0 Å². The van der Waals surface area contributed by atoms with Gasteiger partial charge < -0.3 is 10.2 Å². The molecular formula is C18H20N4O3. The van der Waals surface area contributed by atoms with Crippen molar-refractivity contribution < 1.29 is 14.0 Å². The first-order valence-corrected chi connectivity index (χ1v) is 8.02. The SMILES string of the molecule is CC(=O)NN1C(N)=C(C#N)C(c2ccco2)C2=C1CC(C)(C)CC2=O. The van der Waals surface area contributed by atoms with Gasteiger partial charge in [0.05, 0.1) is 29.5 Å². The van der Waals surface area contributed by atoms with Crippen LogP contribution in [-0.4, -0.2) is 16.7 Å². The van der Waals surface area contributed by atoms with E-state index in [0.717, 1.165) is 0 Å². The van der Waals surface area contributed by atoms with Gasteiger partial charge in [0.2, 0.25) is 5.91 Å². The smallest absolute Gasteiger partial charge is 0.235 e. The molecule has 3 rings (SSSR count). The molecule has 0 fully saturated rings. The number of nitrogens with zero attached hydrogens (tertiary/aromatic N) is 2. The second kappa shape index (κ2) is 5.81. The number of carbonyl (C=O) groups is 2. The molecule has 0 bridgehead atoms. The van der Waals surface area contributed by atoms with Crippen molar-refractivity contribution in [2.75, 3.05) is 0 Å². The van der Waals surface area contributed by atoms with Crippen LogP contribution in [0.25, 0.3) is 0 Å². The van der Waals surface area contributed by atoms with Crippen molar-refractivity contribution in [1.29, 1.82) is 5.26 Å². The number of carbonyl (C=O) groups excluding carboxylic acids is 2. The molecule has 130 valence electrons. The maximum atomic E-state index is 12.9. The van der Waals surface area contributed by atoms with Gasteiger partial charge in [-0.25, -0.2) is 5.01 Å². The standard InChI is InChI=1S/C18H20N4O3/c1-10(23)21-22-12-7-18(2,3)8-13(24)16(12)15(11(9-19)17(22)20)14-5-4-6-25-14/h4-6,15H,7-8,20H2,1-3H3,(H,21,23). The zero-order chi connectivity index (χ0) is 18.4. The predicted octanol–water partition coefficient (Wildman–Crippen LogP) is 2.07. The fourth-order valence-electron chi connectivity index (χ4n) is 3.53. The van der Waals surface area contributed by atoms with Crippen LogP contribution in [0.1, 0.15) is 45.3 Å². The molecule has 1 aliphatic heterocycles. The van der Waals surface area contributed by atoms with E-state index in [0.29, 0.717) is 29.9 Å². The van der Waals surface area contributed by atoms with E-state index in [4.69, 9.17) is 10.2 Å². The summed E-state index contributed by atoms with van der Waals surface area (Å²) in [5, 5.41) is 11.0. The van der Waals surface area contributed by atoms with Gasteiger partial charge in [-0.05, 0) is 24.0 Å². The molecule has 7 nitrogen and oxygen atoms in total. The molecule has 0 aromatic carbocycles. The normalized spacial score (nSPS) is 22.6. The van der Waals surface area contributed by atoms with Crippen molar-refractivity contribution in [2.45, 2.75) is 39.5 Å². The number of hydrazine groups is 1. The highest BCUT2D eigenvalue weighted by atomic mass is 16.3. The molecule has 1 aromatic heterocycles. The molecule has 7 heteroatoms. The summed E-state index contributed by atoms with van der Waals surface area (Å²) in [6.45, 7) is 5.33. The second-order valence-electron chi connectivity index (χ2n) is 7.16. The molecule has 0 radical (unpaired) electrons. The van der Waals surface area contributed by atoms with Crippen molar-refractivity contribution in [3.63, 3.8) is 0 Å². The lowest BCUT2D eigenvalue weighted by molar-refractivity contribution is -0.123. The Hall–Kier alpha value is -3.01. The highest BCUT2D eigenvalue weighted by Crippen LogP contribution is 2.48. The van der Waals surface area contributed by atoms with Crippen molar-refractivity contribution in [3.8, 4) is 6.07 Å². The average molecular weight is 340 g/mol. The van der Waals surface area contributed by atoms with Crippen LogP contribution in [0.4, 0.5) is 0 Å². The zero-order valence-corrected chi connectivity index (χ0v) is 14.4. The maximum Gasteiger partial charge on any atom is 0.235 e. The van der Waals surface area contributed by atoms with E-state index in [2.05, 4.69) is 11.5 Å². The number of amides is 1. The Morgan fingerprint density at radius 3 is 2.76 bits per heavy atom. The van der Waals surface area contributed by atoms with Gasteiger partial charge in [-0.3, -0.25) is 15.0 Å². The van der Waals surface area contributed by atoms with Gasteiger partial charge in [-0.2, -0.15) is 5.26 Å². The Balaban J connectivity index is 2.24. The molecule has 3 N–H and O–H groups in total. The number of nitriles is 1. The Kier molecular flexibility index (Phi) is 3.91. The van der Waals surface area contributed by atoms with Gasteiger partial charge in [0, 0.05) is 18.9 Å². The van der Waals surface area contributed by atoms with E-state index < -0.39 is 5.92 Å². The number of allylic oxidation sites excluding steroid dienone is 3. The third-order valence-electron chi connectivity index (χ3n) is 4.48. The van der Waals surface area contributed by atoms with Crippen LogP contribution in [0.15, 0.2) is 45.5 Å². The molecule has 1 aliphatic carbocycles. The second-order valence-corrected chi connectivity index (χ2v) is 7.16. The minimum atomic E-state index is -0.649. The monoisotopic (exact) mass is 340 g/mol. The molecule has 2 heterocycles. The van der Waals surface area contributed by atoms with Crippen LogP contribution in [0, 0.1) is 16.7 Å². The van der Waals surface area contributed by atoms with E-state index in [9.17, 15) is 14.9 Å². The molecule has 1 aromatic rings. The van der Waals surface area contributed by atoms with Crippen LogP contribution in [0.3, 0.4) is 0 Å². The Labute approximate surface area is 145 Å². The lowest BCUT2D eigenvalue weighted by atomic mass is 9.70. The molecule has 1 amide bonds. The number of Topliss-reactive ketones (excluding diaryl/α,β-unsaturated/α-hetero) is 1. The molecule has 2 aliphatic rings. The lowest BCUT2D eigenvalue weighted by Crippen LogP contribution is -2.49. The highest BCUT2D eigenvalue weighted by Gasteiger charge is 2.45. The van der Waals surface area contributed by atoms with E-state index in [-0.39, 0.29) is 28.5 Å². The van der Waals surface area contributed by atoms with Crippen molar-refractivity contribution in [2.24, 2.45) is 11.1 Å². The number of ketones is 1. The van der Waals surface area contributed by atoms with Crippen LogP contribution < -0.4 is 11.2 Å². The summed E-state index contributed by atoms with van der Waals surface area (Å²) < 4.78 is 5.49. The topological polar surface area (TPSA) is 112 Å². The molecule has 0 saturated carbocycles. The number of hydrogen-bond acceptors (Lipinski definition) is 6. The van der Waals surface area contributed by atoms with E-state index in [1.165, 1.54) is 18.2 Å². The third kappa shape index (κ3) is 2.80. The van der Waals surface area contributed by atoms with E-state index in [1.54, 1.807) is 12.1 Å². The first-order valence-electron chi connectivity index (χ1n) is 8.02. The first kappa shape index (κ1) is 16.8. The number of furan rings is 1. The van der Waals surface area contributed by atoms with Gasteiger partial charge in [0.25, 0.3) is 0 Å². The molecule has 1 atom stereocenters. The highest BCUT2D eigenvalue weighted by molar-refractivity contribution is 6.00. The van der Waals surface area contributed by atoms with Crippen LogP contribution in [-0.2, 0) is 9.59 Å². The summed E-state index contributed by atoms with van der Waals surface area (Å²) in [6, 6.07) is 5.51. The van der Waals surface area contributed by atoms with Gasteiger partial charge in [0.1, 0.15) is 11.6 Å². The molecular weight excluding hydrogens is 320 g/mol. The van der Waals surface area contributed by atoms with Gasteiger partial charge in [-0.1, -0.05) is 13.8 Å². The fraction of sp³-hybridized carbons (Fsp3) is 0.389. The summed E-state index contributed by atoms with van der Waals surface area (Å²) >= 11 is 0. The molecule has 25 heavy (non-hydrogen) atoms. The minimum absolute atomic E-state index is 0.0664. The number of hydrogen-bond donors (Lipinski definition) is 2. The predicted molar refractivity (Wildman–Crippen MR) is 89.0 cm³/mol. The first-order chi connectivity index (χ1) is 11.7. The Bertz CT molecular complexity index is 840. The summed E-state index contributed by atoms with van der Waals surface area (Å²) in [4.78, 5) is 24.6. The van der Waals surface area contributed by atoms with Crippen molar-refractivity contribution in [3.05, 3.63) is 46.8 Å². The average Bonchev–Trinajstić information content (AvgIpc) is 3.02. The molecule has 0 spiro atoms. The molecule has 1 unspecified atom stereocenters. The summed E-state index contributed by atoms with van der Waals surface area (Å²) in [5.74, 6) is -0.447. The molecule has 0 saturated heterocycles.